The van der Waals surface area contributed by atoms with E-state index >= 15 is 0 Å². The molecular formula is C14H23N5O2. The molecule has 0 aromatic carbocycles. The van der Waals surface area contributed by atoms with Crippen LogP contribution in [0, 0.1) is 0 Å². The molecule has 2 heterocycles. The fourth-order valence-corrected chi connectivity index (χ4v) is 2.26. The standard InChI is InChI=1S/C14H23N5O2/c1-14(2,3)18-13-16-8-10(11(15)21)12(17-13)19-6-4-9(20)5-7-19/h8-9,20H,4-7H2,1-3H3,(H2,15,21)(H,16,17,18). The highest BCUT2D eigenvalue weighted by atomic mass is 16.3. The zero-order valence-electron chi connectivity index (χ0n) is 12.8. The van der Waals surface area contributed by atoms with Crippen LogP contribution in [0.3, 0.4) is 0 Å². The van der Waals surface area contributed by atoms with Crippen LogP contribution in [0.25, 0.3) is 0 Å². The number of nitrogens with zero attached hydrogens (tertiary/aromatic N) is 3. The van der Waals surface area contributed by atoms with Crippen molar-refractivity contribution in [3.05, 3.63) is 11.8 Å². The van der Waals surface area contributed by atoms with Crippen molar-refractivity contribution in [1.29, 1.82) is 0 Å². The van der Waals surface area contributed by atoms with Gasteiger partial charge >= 0.3 is 0 Å². The highest BCUT2D eigenvalue weighted by molar-refractivity contribution is 5.97. The van der Waals surface area contributed by atoms with Gasteiger partial charge in [-0.05, 0) is 33.6 Å². The fraction of sp³-hybridized carbons (Fsp3) is 0.643. The minimum Gasteiger partial charge on any atom is -0.393 e. The first kappa shape index (κ1) is 15.5. The monoisotopic (exact) mass is 293 g/mol. The maximum atomic E-state index is 11.6. The molecule has 21 heavy (non-hydrogen) atoms. The van der Waals surface area contributed by atoms with Gasteiger partial charge in [0.15, 0.2) is 0 Å². The van der Waals surface area contributed by atoms with Gasteiger partial charge in [0.2, 0.25) is 5.95 Å². The molecule has 0 saturated carbocycles. The summed E-state index contributed by atoms with van der Waals surface area (Å²) in [7, 11) is 0. The average Bonchev–Trinajstić information content (AvgIpc) is 2.37. The lowest BCUT2D eigenvalue weighted by molar-refractivity contribution is 0.1000. The van der Waals surface area contributed by atoms with Gasteiger partial charge < -0.3 is 21.1 Å². The van der Waals surface area contributed by atoms with E-state index in [-0.39, 0.29) is 11.6 Å². The zero-order chi connectivity index (χ0) is 15.6. The van der Waals surface area contributed by atoms with Crippen molar-refractivity contribution in [2.75, 3.05) is 23.3 Å². The van der Waals surface area contributed by atoms with E-state index < -0.39 is 5.91 Å². The van der Waals surface area contributed by atoms with Crippen LogP contribution in [0.1, 0.15) is 44.0 Å². The molecule has 0 radical (unpaired) electrons. The molecule has 7 nitrogen and oxygen atoms in total. The SMILES string of the molecule is CC(C)(C)Nc1ncc(C(N)=O)c(N2CCC(O)CC2)n1. The molecule has 2 rings (SSSR count). The van der Waals surface area contributed by atoms with E-state index in [1.165, 1.54) is 6.20 Å². The van der Waals surface area contributed by atoms with Crippen molar-refractivity contribution in [3.63, 3.8) is 0 Å². The normalized spacial score (nSPS) is 16.9. The summed E-state index contributed by atoms with van der Waals surface area (Å²) < 4.78 is 0. The maximum Gasteiger partial charge on any atom is 0.254 e. The molecule has 1 saturated heterocycles. The van der Waals surface area contributed by atoms with E-state index in [0.717, 1.165) is 0 Å². The Morgan fingerprint density at radius 3 is 2.57 bits per heavy atom. The summed E-state index contributed by atoms with van der Waals surface area (Å²) in [4.78, 5) is 22.2. The number of hydrogen-bond acceptors (Lipinski definition) is 6. The number of nitrogens with two attached hydrogens (primary N) is 1. The first-order valence-corrected chi connectivity index (χ1v) is 7.14. The van der Waals surface area contributed by atoms with Gasteiger partial charge in [-0.15, -0.1) is 0 Å². The van der Waals surface area contributed by atoms with Crippen LogP contribution in [0.4, 0.5) is 11.8 Å². The van der Waals surface area contributed by atoms with Gasteiger partial charge in [-0.3, -0.25) is 4.79 Å². The third-order valence-electron chi connectivity index (χ3n) is 3.28. The Morgan fingerprint density at radius 1 is 1.43 bits per heavy atom. The fourth-order valence-electron chi connectivity index (χ4n) is 2.26. The van der Waals surface area contributed by atoms with Crippen LogP contribution in [-0.4, -0.2) is 45.7 Å². The summed E-state index contributed by atoms with van der Waals surface area (Å²) in [5.74, 6) is 0.461. The van der Waals surface area contributed by atoms with Gasteiger partial charge in [0, 0.05) is 24.8 Å². The highest BCUT2D eigenvalue weighted by Crippen LogP contribution is 2.23. The number of nitrogens with one attached hydrogen (secondary N) is 1. The Bertz CT molecular complexity index is 519. The quantitative estimate of drug-likeness (QED) is 0.759. The Labute approximate surface area is 124 Å². The molecule has 7 heteroatoms. The topological polar surface area (TPSA) is 104 Å². The van der Waals surface area contributed by atoms with E-state index in [2.05, 4.69) is 15.3 Å². The second-order valence-electron chi connectivity index (χ2n) is 6.39. The number of primary amides is 1. The Balaban J connectivity index is 2.31. The first-order chi connectivity index (χ1) is 9.76. The molecule has 0 spiro atoms. The van der Waals surface area contributed by atoms with Gasteiger partial charge in [-0.25, -0.2) is 4.98 Å². The summed E-state index contributed by atoms with van der Waals surface area (Å²) in [6.07, 6.45) is 2.49. The lowest BCUT2D eigenvalue weighted by atomic mass is 10.1. The molecule has 1 amide bonds. The second kappa shape index (κ2) is 5.85. The Hall–Kier alpha value is -1.89. The van der Waals surface area contributed by atoms with E-state index in [4.69, 9.17) is 5.73 Å². The van der Waals surface area contributed by atoms with Crippen molar-refractivity contribution < 1.29 is 9.90 Å². The van der Waals surface area contributed by atoms with Crippen molar-refractivity contribution in [2.24, 2.45) is 5.73 Å². The lowest BCUT2D eigenvalue weighted by Gasteiger charge is -2.31. The molecule has 1 aliphatic rings. The summed E-state index contributed by atoms with van der Waals surface area (Å²) >= 11 is 0. The number of amides is 1. The lowest BCUT2D eigenvalue weighted by Crippen LogP contribution is -2.38. The Kier molecular flexibility index (Phi) is 4.32. The number of aromatic nitrogens is 2. The number of piperidine rings is 1. The molecule has 0 bridgehead atoms. The molecule has 0 atom stereocenters. The molecule has 1 aromatic rings. The first-order valence-electron chi connectivity index (χ1n) is 7.14. The van der Waals surface area contributed by atoms with Crippen molar-refractivity contribution >= 4 is 17.7 Å². The van der Waals surface area contributed by atoms with Crippen LogP contribution in [-0.2, 0) is 0 Å². The van der Waals surface area contributed by atoms with Gasteiger partial charge in [-0.2, -0.15) is 4.98 Å². The molecule has 4 N–H and O–H groups in total. The third-order valence-corrected chi connectivity index (χ3v) is 3.28. The highest BCUT2D eigenvalue weighted by Gasteiger charge is 2.24. The number of hydrogen-bond donors (Lipinski definition) is 3. The molecule has 1 fully saturated rings. The van der Waals surface area contributed by atoms with E-state index in [1.54, 1.807) is 0 Å². The van der Waals surface area contributed by atoms with Crippen LogP contribution in [0.2, 0.25) is 0 Å². The minimum absolute atomic E-state index is 0.177. The van der Waals surface area contributed by atoms with E-state index in [9.17, 15) is 9.90 Å². The van der Waals surface area contributed by atoms with Crippen LogP contribution < -0.4 is 16.0 Å². The molecule has 1 aromatic heterocycles. The van der Waals surface area contributed by atoms with Crippen molar-refractivity contribution in [3.8, 4) is 0 Å². The van der Waals surface area contributed by atoms with E-state index in [1.807, 2.05) is 25.7 Å². The number of carbonyl (C=O) groups excluding carboxylic acids is 1. The maximum absolute atomic E-state index is 11.6. The third kappa shape index (κ3) is 4.04. The van der Waals surface area contributed by atoms with Crippen LogP contribution in [0.15, 0.2) is 6.20 Å². The summed E-state index contributed by atoms with van der Waals surface area (Å²) in [5.41, 5.74) is 5.54. The largest absolute Gasteiger partial charge is 0.393 e. The number of aliphatic hydroxyl groups excluding tert-OH is 1. The number of anilines is 2. The molecule has 0 unspecified atom stereocenters. The van der Waals surface area contributed by atoms with Gasteiger partial charge in [0.1, 0.15) is 11.4 Å². The molecule has 1 aliphatic heterocycles. The molecular weight excluding hydrogens is 270 g/mol. The smallest absolute Gasteiger partial charge is 0.254 e. The van der Waals surface area contributed by atoms with Gasteiger partial charge in [0.05, 0.1) is 6.10 Å². The van der Waals surface area contributed by atoms with Gasteiger partial charge in [0.25, 0.3) is 5.91 Å². The Morgan fingerprint density at radius 2 is 2.05 bits per heavy atom. The molecule has 0 aliphatic carbocycles. The number of rotatable bonds is 3. The van der Waals surface area contributed by atoms with Gasteiger partial charge in [-0.1, -0.05) is 0 Å². The average molecular weight is 293 g/mol. The predicted molar refractivity (Wildman–Crippen MR) is 81.4 cm³/mol. The van der Waals surface area contributed by atoms with E-state index in [0.29, 0.717) is 43.3 Å². The van der Waals surface area contributed by atoms with Crippen LogP contribution in [0.5, 0.6) is 0 Å². The summed E-state index contributed by atoms with van der Waals surface area (Å²) in [6, 6.07) is 0. The molecule has 116 valence electrons. The van der Waals surface area contributed by atoms with Crippen molar-refractivity contribution in [2.45, 2.75) is 45.3 Å². The number of carbonyl (C=O) groups is 1. The predicted octanol–water partition coefficient (Wildman–Crippen LogP) is 0.747. The van der Waals surface area contributed by atoms with Crippen LogP contribution >= 0.6 is 0 Å². The summed E-state index contributed by atoms with van der Waals surface area (Å²) in [6.45, 7) is 7.32. The summed E-state index contributed by atoms with van der Waals surface area (Å²) in [5, 5.41) is 12.8. The zero-order valence-corrected chi connectivity index (χ0v) is 12.8. The second-order valence-corrected chi connectivity index (χ2v) is 6.39. The van der Waals surface area contributed by atoms with Crippen molar-refractivity contribution in [1.82, 2.24) is 9.97 Å². The number of aliphatic hydroxyl groups is 1. The minimum atomic E-state index is -0.543.